The van der Waals surface area contributed by atoms with Crippen molar-refractivity contribution in [1.29, 1.82) is 0 Å². The number of hydrogen-bond donors (Lipinski definition) is 1. The fraction of sp³-hybridized carbons (Fsp3) is 0.235. The maximum atomic E-state index is 11.6. The number of benzene rings is 2. The molecule has 0 saturated heterocycles. The van der Waals surface area contributed by atoms with Crippen molar-refractivity contribution in [2.75, 3.05) is 13.2 Å². The summed E-state index contributed by atoms with van der Waals surface area (Å²) in [6.07, 6.45) is 0.940. The summed E-state index contributed by atoms with van der Waals surface area (Å²) in [5.41, 5.74) is 2.12. The Balaban J connectivity index is 1.64. The molecule has 0 aromatic heterocycles. The van der Waals surface area contributed by atoms with Gasteiger partial charge in [0.25, 0.3) is 0 Å². The lowest BCUT2D eigenvalue weighted by Gasteiger charge is -2.07. The molecule has 0 saturated carbocycles. The van der Waals surface area contributed by atoms with Gasteiger partial charge >= 0.3 is 6.09 Å². The van der Waals surface area contributed by atoms with Gasteiger partial charge in [0.2, 0.25) is 0 Å². The van der Waals surface area contributed by atoms with Crippen LogP contribution in [0.25, 0.3) is 0 Å². The number of amides is 1. The minimum absolute atomic E-state index is 0.323. The largest absolute Gasteiger partial charge is 0.449 e. The smallest absolute Gasteiger partial charge is 0.407 e. The summed E-state index contributed by atoms with van der Waals surface area (Å²) in [6, 6.07) is 15.1. The van der Waals surface area contributed by atoms with Gasteiger partial charge in [0.15, 0.2) is 0 Å². The molecule has 116 valence electrons. The van der Waals surface area contributed by atoms with Crippen molar-refractivity contribution >= 4 is 29.3 Å². The number of nitrogens with one attached hydrogen (secondary N) is 1. The Bertz CT molecular complexity index is 578. The lowest BCUT2D eigenvalue weighted by atomic mass is 10.1. The number of hydrogen-bond acceptors (Lipinski definition) is 2. The van der Waals surface area contributed by atoms with Crippen molar-refractivity contribution in [2.24, 2.45) is 0 Å². The Hall–Kier alpha value is -1.71. The molecule has 0 unspecified atom stereocenters. The van der Waals surface area contributed by atoms with Gasteiger partial charge in [-0.3, -0.25) is 0 Å². The van der Waals surface area contributed by atoms with Crippen LogP contribution in [0.3, 0.4) is 0 Å². The van der Waals surface area contributed by atoms with Gasteiger partial charge in [0.05, 0.1) is 6.61 Å². The third-order valence-electron chi connectivity index (χ3n) is 3.08. The monoisotopic (exact) mass is 337 g/mol. The Morgan fingerprint density at radius 2 is 1.55 bits per heavy atom. The summed E-state index contributed by atoms with van der Waals surface area (Å²) >= 11 is 11.8. The number of carbonyl (C=O) groups is 1. The molecule has 22 heavy (non-hydrogen) atoms. The molecular weight excluding hydrogens is 321 g/mol. The first-order valence-electron chi connectivity index (χ1n) is 7.03. The van der Waals surface area contributed by atoms with E-state index in [-0.39, 0.29) is 0 Å². The van der Waals surface area contributed by atoms with Crippen LogP contribution >= 0.6 is 23.2 Å². The van der Waals surface area contributed by atoms with E-state index >= 15 is 0 Å². The Kier molecular flexibility index (Phi) is 6.56. The van der Waals surface area contributed by atoms with Crippen LogP contribution in [0.15, 0.2) is 48.5 Å². The van der Waals surface area contributed by atoms with Gasteiger partial charge in [-0.25, -0.2) is 4.79 Å². The molecule has 0 aliphatic carbocycles. The minimum atomic E-state index is -0.413. The molecular formula is C17H17Cl2NO2. The molecule has 0 fully saturated rings. The summed E-state index contributed by atoms with van der Waals surface area (Å²) in [5, 5.41) is 4.10. The highest BCUT2D eigenvalue weighted by Crippen LogP contribution is 2.11. The van der Waals surface area contributed by atoms with Crippen LogP contribution in [-0.2, 0) is 17.6 Å². The molecule has 0 aliphatic rings. The highest BCUT2D eigenvalue weighted by Gasteiger charge is 2.02. The molecule has 0 aliphatic heterocycles. The molecule has 5 heteroatoms. The van der Waals surface area contributed by atoms with Crippen molar-refractivity contribution in [2.45, 2.75) is 12.8 Å². The lowest BCUT2D eigenvalue weighted by molar-refractivity contribution is 0.147. The van der Waals surface area contributed by atoms with E-state index in [0.29, 0.717) is 36.0 Å². The van der Waals surface area contributed by atoms with Gasteiger partial charge in [-0.2, -0.15) is 0 Å². The molecule has 3 nitrogen and oxygen atoms in total. The van der Waals surface area contributed by atoms with Gasteiger partial charge < -0.3 is 10.1 Å². The second-order valence-electron chi connectivity index (χ2n) is 4.82. The van der Waals surface area contributed by atoms with Crippen LogP contribution < -0.4 is 5.32 Å². The SMILES string of the molecule is O=C(NCCc1cccc(Cl)c1)OCCc1cccc(Cl)c1. The highest BCUT2D eigenvalue weighted by molar-refractivity contribution is 6.30. The zero-order valence-corrected chi connectivity index (χ0v) is 13.5. The normalized spacial score (nSPS) is 10.3. The lowest BCUT2D eigenvalue weighted by Crippen LogP contribution is -2.27. The summed E-state index contributed by atoms with van der Waals surface area (Å²) in [6.45, 7) is 0.833. The molecule has 1 amide bonds. The minimum Gasteiger partial charge on any atom is -0.449 e. The van der Waals surface area contributed by atoms with E-state index < -0.39 is 6.09 Å². The Morgan fingerprint density at radius 3 is 2.14 bits per heavy atom. The van der Waals surface area contributed by atoms with E-state index in [9.17, 15) is 4.79 Å². The molecule has 0 heterocycles. The van der Waals surface area contributed by atoms with Gasteiger partial charge in [-0.1, -0.05) is 47.5 Å². The maximum absolute atomic E-state index is 11.6. The third kappa shape index (κ3) is 5.96. The average Bonchev–Trinajstić information content (AvgIpc) is 2.47. The first-order chi connectivity index (χ1) is 10.6. The summed E-state index contributed by atoms with van der Waals surface area (Å²) in [4.78, 5) is 11.6. The number of halogens is 2. The van der Waals surface area contributed by atoms with Crippen molar-refractivity contribution in [3.8, 4) is 0 Å². The van der Waals surface area contributed by atoms with Crippen LogP contribution in [-0.4, -0.2) is 19.2 Å². The van der Waals surface area contributed by atoms with Crippen molar-refractivity contribution < 1.29 is 9.53 Å². The van der Waals surface area contributed by atoms with Crippen molar-refractivity contribution in [3.05, 3.63) is 69.7 Å². The second-order valence-corrected chi connectivity index (χ2v) is 5.70. The number of ether oxygens (including phenoxy) is 1. The van der Waals surface area contributed by atoms with Gasteiger partial charge in [-0.05, 0) is 41.8 Å². The van der Waals surface area contributed by atoms with E-state index in [2.05, 4.69) is 5.32 Å². The van der Waals surface area contributed by atoms with E-state index in [4.69, 9.17) is 27.9 Å². The van der Waals surface area contributed by atoms with Gasteiger partial charge in [-0.15, -0.1) is 0 Å². The molecule has 0 radical (unpaired) electrons. The van der Waals surface area contributed by atoms with E-state index in [1.807, 2.05) is 48.5 Å². The third-order valence-corrected chi connectivity index (χ3v) is 3.56. The molecule has 0 bridgehead atoms. The number of carbonyl (C=O) groups excluding carboxylic acids is 1. The maximum Gasteiger partial charge on any atom is 0.407 e. The van der Waals surface area contributed by atoms with Crippen molar-refractivity contribution in [3.63, 3.8) is 0 Å². The van der Waals surface area contributed by atoms with E-state index in [0.717, 1.165) is 11.1 Å². The zero-order chi connectivity index (χ0) is 15.8. The fourth-order valence-electron chi connectivity index (χ4n) is 2.01. The molecule has 2 aromatic rings. The number of rotatable bonds is 6. The number of alkyl carbamates (subject to hydrolysis) is 1. The molecule has 0 atom stereocenters. The van der Waals surface area contributed by atoms with Crippen molar-refractivity contribution in [1.82, 2.24) is 5.32 Å². The molecule has 1 N–H and O–H groups in total. The first kappa shape index (κ1) is 16.7. The van der Waals surface area contributed by atoms with Gasteiger partial charge in [0.1, 0.15) is 0 Å². The van der Waals surface area contributed by atoms with Crippen LogP contribution in [0, 0.1) is 0 Å². The fourth-order valence-corrected chi connectivity index (χ4v) is 2.43. The molecule has 2 aromatic carbocycles. The topological polar surface area (TPSA) is 38.3 Å². The van der Waals surface area contributed by atoms with Crippen LogP contribution in [0.4, 0.5) is 4.79 Å². The van der Waals surface area contributed by atoms with E-state index in [1.165, 1.54) is 0 Å². The average molecular weight is 338 g/mol. The van der Waals surface area contributed by atoms with Crippen LogP contribution in [0.1, 0.15) is 11.1 Å². The van der Waals surface area contributed by atoms with Gasteiger partial charge in [0, 0.05) is 23.0 Å². The molecule has 0 spiro atoms. The standard InChI is InChI=1S/C17H17Cl2NO2/c18-15-5-1-3-13(11-15)7-9-20-17(21)22-10-8-14-4-2-6-16(19)12-14/h1-6,11-12H,7-10H2,(H,20,21). The zero-order valence-electron chi connectivity index (χ0n) is 12.0. The summed E-state index contributed by atoms with van der Waals surface area (Å²) in [7, 11) is 0. The van der Waals surface area contributed by atoms with E-state index in [1.54, 1.807) is 0 Å². The predicted octanol–water partition coefficient (Wildman–Crippen LogP) is 4.50. The van der Waals surface area contributed by atoms with Crippen LogP contribution in [0.5, 0.6) is 0 Å². The second kappa shape index (κ2) is 8.66. The quantitative estimate of drug-likeness (QED) is 0.842. The summed E-state index contributed by atoms with van der Waals surface area (Å²) < 4.78 is 5.13. The Labute approximate surface area is 140 Å². The highest BCUT2D eigenvalue weighted by atomic mass is 35.5. The van der Waals surface area contributed by atoms with Crippen LogP contribution in [0.2, 0.25) is 10.0 Å². The predicted molar refractivity (Wildman–Crippen MR) is 89.7 cm³/mol. The molecule has 2 rings (SSSR count). The Morgan fingerprint density at radius 1 is 0.955 bits per heavy atom. The first-order valence-corrected chi connectivity index (χ1v) is 7.78. The summed E-state index contributed by atoms with van der Waals surface area (Å²) in [5.74, 6) is 0.